The Morgan fingerprint density at radius 3 is 2.29 bits per heavy atom. The van der Waals surface area contributed by atoms with Crippen LogP contribution in [-0.2, 0) is 0 Å². The molecular weight excluding hydrogens is 104 g/mol. The third-order valence-corrected chi connectivity index (χ3v) is 1.98. The minimum absolute atomic E-state index is 1.18. The minimum Gasteiger partial charge on any atom is -0.134 e. The molecule has 0 amide bonds. The fourth-order valence-corrected chi connectivity index (χ4v) is 0.991. The minimum atomic E-state index is 1.18. The van der Waals surface area contributed by atoms with Gasteiger partial charge in [-0.05, 0) is 24.5 Å². The van der Waals surface area contributed by atoms with Crippen molar-refractivity contribution in [1.29, 1.82) is 0 Å². The predicted molar refractivity (Wildman–Crippen MR) is 37.6 cm³/mol. The van der Waals surface area contributed by atoms with Crippen LogP contribution in [0.3, 0.4) is 0 Å². The molecule has 42 valence electrons. The lowest BCUT2D eigenvalue weighted by molar-refractivity contribution is 1.19. The topological polar surface area (TPSA) is 0 Å². The van der Waals surface area contributed by atoms with Crippen molar-refractivity contribution in [3.05, 3.63) is 11.0 Å². The molecule has 0 aliphatic carbocycles. The van der Waals surface area contributed by atoms with E-state index in [9.17, 15) is 0 Å². The second-order valence-electron chi connectivity index (χ2n) is 1.31. The van der Waals surface area contributed by atoms with Crippen LogP contribution >= 0.6 is 11.8 Å². The first-order valence-corrected chi connectivity index (χ1v) is 3.76. The third kappa shape index (κ3) is 2.75. The number of thioether (sulfide) groups is 1. The van der Waals surface area contributed by atoms with Crippen LogP contribution in [0.25, 0.3) is 0 Å². The van der Waals surface area contributed by atoms with Crippen LogP contribution < -0.4 is 0 Å². The zero-order chi connectivity index (χ0) is 5.70. The molecule has 0 bridgehead atoms. The summed E-state index contributed by atoms with van der Waals surface area (Å²) in [5, 5.41) is 0. The van der Waals surface area contributed by atoms with Crippen LogP contribution in [0.1, 0.15) is 20.3 Å². The van der Waals surface area contributed by atoms with E-state index in [0.29, 0.717) is 0 Å². The largest absolute Gasteiger partial charge is 0.134 e. The highest BCUT2D eigenvalue weighted by molar-refractivity contribution is 8.02. The Morgan fingerprint density at radius 2 is 2.29 bits per heavy atom. The normalized spacial score (nSPS) is 12.1. The molecule has 0 saturated carbocycles. The Labute approximate surface area is 50.0 Å². The van der Waals surface area contributed by atoms with E-state index in [1.54, 1.807) is 0 Å². The van der Waals surface area contributed by atoms with Gasteiger partial charge in [-0.25, -0.2) is 0 Å². The summed E-state index contributed by atoms with van der Waals surface area (Å²) in [6.45, 7) is 4.25. The zero-order valence-corrected chi connectivity index (χ0v) is 6.01. The van der Waals surface area contributed by atoms with Crippen LogP contribution in [-0.4, -0.2) is 6.26 Å². The van der Waals surface area contributed by atoms with Gasteiger partial charge in [0.2, 0.25) is 0 Å². The lowest BCUT2D eigenvalue weighted by Gasteiger charge is -1.92. The molecule has 0 N–H and O–H groups in total. The van der Waals surface area contributed by atoms with Gasteiger partial charge in [-0.3, -0.25) is 0 Å². The van der Waals surface area contributed by atoms with Gasteiger partial charge < -0.3 is 0 Å². The maximum Gasteiger partial charge on any atom is -0.0140 e. The van der Waals surface area contributed by atoms with Gasteiger partial charge in [-0.1, -0.05) is 13.0 Å². The van der Waals surface area contributed by atoms with E-state index in [4.69, 9.17) is 0 Å². The number of hydrogen-bond donors (Lipinski definition) is 0. The molecule has 0 radical (unpaired) electrons. The molecule has 0 unspecified atom stereocenters. The van der Waals surface area contributed by atoms with E-state index >= 15 is 0 Å². The molecule has 1 heteroatoms. The van der Waals surface area contributed by atoms with Crippen molar-refractivity contribution < 1.29 is 0 Å². The second kappa shape index (κ2) is 4.25. The molecule has 0 aliphatic rings. The first-order valence-electron chi connectivity index (χ1n) is 2.54. The van der Waals surface area contributed by atoms with Crippen molar-refractivity contribution in [3.8, 4) is 0 Å². The number of hydrogen-bond acceptors (Lipinski definition) is 1. The molecule has 0 aromatic heterocycles. The van der Waals surface area contributed by atoms with Crippen LogP contribution in [0, 0.1) is 0 Å². The fraction of sp³-hybridized carbons (Fsp3) is 0.667. The third-order valence-electron chi connectivity index (χ3n) is 0.933. The Bertz CT molecular complexity index is 58.6. The smallest absolute Gasteiger partial charge is 0.0140 e. The van der Waals surface area contributed by atoms with Crippen molar-refractivity contribution in [3.63, 3.8) is 0 Å². The zero-order valence-electron chi connectivity index (χ0n) is 5.19. The SMILES string of the molecule is C/C=C(\CC)SC. The molecule has 0 aromatic carbocycles. The Kier molecular flexibility index (Phi) is 4.31. The van der Waals surface area contributed by atoms with Crippen molar-refractivity contribution >= 4 is 11.8 Å². The van der Waals surface area contributed by atoms with Gasteiger partial charge in [0.15, 0.2) is 0 Å². The van der Waals surface area contributed by atoms with Gasteiger partial charge in [-0.15, -0.1) is 11.8 Å². The summed E-state index contributed by atoms with van der Waals surface area (Å²) in [5.41, 5.74) is 0. The molecule has 0 fully saturated rings. The molecule has 0 saturated heterocycles. The predicted octanol–water partition coefficient (Wildman–Crippen LogP) is 2.66. The summed E-state index contributed by atoms with van der Waals surface area (Å²) < 4.78 is 0. The first kappa shape index (κ1) is 7.09. The van der Waals surface area contributed by atoms with Crippen molar-refractivity contribution in [2.24, 2.45) is 0 Å². The fourth-order valence-electron chi connectivity index (χ4n) is 0.466. The van der Waals surface area contributed by atoms with E-state index in [0.717, 1.165) is 0 Å². The van der Waals surface area contributed by atoms with E-state index in [1.807, 2.05) is 11.8 Å². The molecule has 0 aromatic rings. The Hall–Kier alpha value is 0.0900. The van der Waals surface area contributed by atoms with E-state index in [-0.39, 0.29) is 0 Å². The summed E-state index contributed by atoms with van der Waals surface area (Å²) in [6, 6.07) is 0. The molecule has 0 heterocycles. The van der Waals surface area contributed by atoms with Crippen LogP contribution in [0.4, 0.5) is 0 Å². The van der Waals surface area contributed by atoms with Crippen LogP contribution in [0.2, 0.25) is 0 Å². The molecule has 0 spiro atoms. The second-order valence-corrected chi connectivity index (χ2v) is 2.25. The summed E-state index contributed by atoms with van der Waals surface area (Å²) in [7, 11) is 0. The molecule has 7 heavy (non-hydrogen) atoms. The molecular formula is C6H12S. The number of allylic oxidation sites excluding steroid dienone is 2. The highest BCUT2D eigenvalue weighted by atomic mass is 32.2. The van der Waals surface area contributed by atoms with Gasteiger partial charge in [-0.2, -0.15) is 0 Å². The van der Waals surface area contributed by atoms with Gasteiger partial charge >= 0.3 is 0 Å². The van der Waals surface area contributed by atoms with Crippen LogP contribution in [0.5, 0.6) is 0 Å². The maximum absolute atomic E-state index is 2.17. The van der Waals surface area contributed by atoms with E-state index in [1.165, 1.54) is 11.3 Å². The van der Waals surface area contributed by atoms with Gasteiger partial charge in [0.05, 0.1) is 0 Å². The molecule has 0 atom stereocenters. The Balaban J connectivity index is 3.38. The summed E-state index contributed by atoms with van der Waals surface area (Å²) >= 11 is 1.83. The highest BCUT2D eigenvalue weighted by Gasteiger charge is 1.82. The highest BCUT2D eigenvalue weighted by Crippen LogP contribution is 2.13. The van der Waals surface area contributed by atoms with Gasteiger partial charge in [0, 0.05) is 0 Å². The Morgan fingerprint density at radius 1 is 1.71 bits per heavy atom. The van der Waals surface area contributed by atoms with Crippen LogP contribution in [0.15, 0.2) is 11.0 Å². The van der Waals surface area contributed by atoms with E-state index in [2.05, 4.69) is 26.2 Å². The van der Waals surface area contributed by atoms with Crippen molar-refractivity contribution in [1.82, 2.24) is 0 Å². The summed E-state index contributed by atoms with van der Waals surface area (Å²) in [4.78, 5) is 1.47. The monoisotopic (exact) mass is 116 g/mol. The summed E-state index contributed by atoms with van der Waals surface area (Å²) in [6.07, 6.45) is 5.45. The average molecular weight is 116 g/mol. The number of rotatable bonds is 2. The molecule has 0 rings (SSSR count). The van der Waals surface area contributed by atoms with Crippen molar-refractivity contribution in [2.75, 3.05) is 6.26 Å². The lowest BCUT2D eigenvalue weighted by atomic mass is 10.4. The van der Waals surface area contributed by atoms with Crippen molar-refractivity contribution in [2.45, 2.75) is 20.3 Å². The average Bonchev–Trinajstić information content (AvgIpc) is 1.72. The quantitative estimate of drug-likeness (QED) is 0.534. The lowest BCUT2D eigenvalue weighted by Crippen LogP contribution is -1.66. The van der Waals surface area contributed by atoms with Gasteiger partial charge in [0.1, 0.15) is 0 Å². The first-order chi connectivity index (χ1) is 3.35. The standard InChI is InChI=1S/C6H12S/c1-4-6(5-2)7-3/h4H,5H2,1-3H3/b6-4+. The molecule has 0 nitrogen and oxygen atoms in total. The maximum atomic E-state index is 2.17. The van der Waals surface area contributed by atoms with Gasteiger partial charge in [0.25, 0.3) is 0 Å². The van der Waals surface area contributed by atoms with E-state index < -0.39 is 0 Å². The molecule has 0 aliphatic heterocycles. The summed E-state index contributed by atoms with van der Waals surface area (Å²) in [5.74, 6) is 0.